The van der Waals surface area contributed by atoms with Gasteiger partial charge in [0.15, 0.2) is 5.82 Å². The molecule has 1 aromatic heterocycles. The van der Waals surface area contributed by atoms with Gasteiger partial charge in [0.05, 0.1) is 17.1 Å². The summed E-state index contributed by atoms with van der Waals surface area (Å²) >= 11 is 6.12. The SMILES string of the molecule is CC1CN(Cc2noc(-c3ccccc3Cl)n2)CC1N. The van der Waals surface area contributed by atoms with Crippen molar-refractivity contribution in [2.24, 2.45) is 11.7 Å². The van der Waals surface area contributed by atoms with Gasteiger partial charge in [-0.1, -0.05) is 35.8 Å². The predicted octanol–water partition coefficient (Wildman–Crippen LogP) is 2.17. The Morgan fingerprint density at radius 3 is 2.90 bits per heavy atom. The highest BCUT2D eigenvalue weighted by Gasteiger charge is 2.27. The summed E-state index contributed by atoms with van der Waals surface area (Å²) in [5, 5.41) is 4.63. The van der Waals surface area contributed by atoms with E-state index in [9.17, 15) is 0 Å². The van der Waals surface area contributed by atoms with Gasteiger partial charge in [-0.15, -0.1) is 0 Å². The van der Waals surface area contributed by atoms with Gasteiger partial charge < -0.3 is 10.3 Å². The minimum Gasteiger partial charge on any atom is -0.334 e. The lowest BCUT2D eigenvalue weighted by Crippen LogP contribution is -2.28. The molecule has 6 heteroatoms. The summed E-state index contributed by atoms with van der Waals surface area (Å²) in [6, 6.07) is 7.67. The molecule has 1 saturated heterocycles. The van der Waals surface area contributed by atoms with Crippen molar-refractivity contribution in [2.45, 2.75) is 19.5 Å². The van der Waals surface area contributed by atoms with Crippen LogP contribution in [0, 0.1) is 5.92 Å². The first-order valence-electron chi connectivity index (χ1n) is 6.69. The largest absolute Gasteiger partial charge is 0.334 e. The van der Waals surface area contributed by atoms with Crippen LogP contribution in [0.5, 0.6) is 0 Å². The lowest BCUT2D eigenvalue weighted by molar-refractivity contribution is 0.302. The van der Waals surface area contributed by atoms with E-state index in [4.69, 9.17) is 21.9 Å². The van der Waals surface area contributed by atoms with Crippen molar-refractivity contribution < 1.29 is 4.52 Å². The zero-order valence-corrected chi connectivity index (χ0v) is 12.0. The van der Waals surface area contributed by atoms with E-state index in [1.165, 1.54) is 0 Å². The number of likely N-dealkylation sites (tertiary alicyclic amines) is 1. The van der Waals surface area contributed by atoms with Crippen molar-refractivity contribution in [1.29, 1.82) is 0 Å². The summed E-state index contributed by atoms with van der Waals surface area (Å²) < 4.78 is 5.29. The molecule has 0 spiro atoms. The van der Waals surface area contributed by atoms with Crippen molar-refractivity contribution in [3.05, 3.63) is 35.1 Å². The lowest BCUT2D eigenvalue weighted by atomic mass is 10.1. The smallest absolute Gasteiger partial charge is 0.259 e. The van der Waals surface area contributed by atoms with Crippen LogP contribution in [0.15, 0.2) is 28.8 Å². The third kappa shape index (κ3) is 2.70. The Morgan fingerprint density at radius 1 is 1.40 bits per heavy atom. The average Bonchev–Trinajstić information content (AvgIpc) is 2.98. The summed E-state index contributed by atoms with van der Waals surface area (Å²) in [5.74, 6) is 1.63. The van der Waals surface area contributed by atoms with Crippen molar-refractivity contribution >= 4 is 11.6 Å². The van der Waals surface area contributed by atoms with Crippen LogP contribution in [0.25, 0.3) is 11.5 Å². The van der Waals surface area contributed by atoms with Gasteiger partial charge in [-0.3, -0.25) is 4.90 Å². The highest BCUT2D eigenvalue weighted by atomic mass is 35.5. The lowest BCUT2D eigenvalue weighted by Gasteiger charge is -2.11. The molecule has 5 nitrogen and oxygen atoms in total. The number of halogens is 1. The molecule has 0 aliphatic carbocycles. The summed E-state index contributed by atoms with van der Waals surface area (Å²) in [5.41, 5.74) is 6.78. The molecule has 1 aliphatic heterocycles. The number of hydrogen-bond donors (Lipinski definition) is 1. The Morgan fingerprint density at radius 2 is 2.20 bits per heavy atom. The molecule has 3 rings (SSSR count). The first-order valence-corrected chi connectivity index (χ1v) is 7.06. The third-order valence-electron chi connectivity index (χ3n) is 3.68. The van der Waals surface area contributed by atoms with E-state index in [2.05, 4.69) is 22.0 Å². The number of hydrogen-bond acceptors (Lipinski definition) is 5. The molecular weight excluding hydrogens is 276 g/mol. The van der Waals surface area contributed by atoms with Gasteiger partial charge in [-0.2, -0.15) is 4.98 Å². The highest BCUT2D eigenvalue weighted by Crippen LogP contribution is 2.26. The normalized spacial score (nSPS) is 23.4. The first-order chi connectivity index (χ1) is 9.63. The molecule has 106 valence electrons. The number of rotatable bonds is 3. The Labute approximate surface area is 122 Å². The van der Waals surface area contributed by atoms with E-state index in [1.807, 2.05) is 24.3 Å². The standard InChI is InChI=1S/C14H17ClN4O/c1-9-6-19(7-12(9)16)8-13-17-14(20-18-13)10-4-2-3-5-11(10)15/h2-5,9,12H,6-8,16H2,1H3. The van der Waals surface area contributed by atoms with Gasteiger partial charge in [0.2, 0.25) is 0 Å². The van der Waals surface area contributed by atoms with Gasteiger partial charge >= 0.3 is 0 Å². The first kappa shape index (κ1) is 13.5. The molecule has 2 atom stereocenters. The third-order valence-corrected chi connectivity index (χ3v) is 4.01. The van der Waals surface area contributed by atoms with Crippen LogP contribution in [0.4, 0.5) is 0 Å². The summed E-state index contributed by atoms with van der Waals surface area (Å²) in [6.07, 6.45) is 0. The molecule has 2 unspecified atom stereocenters. The van der Waals surface area contributed by atoms with Gasteiger partial charge in [-0.25, -0.2) is 0 Å². The Balaban J connectivity index is 1.73. The van der Waals surface area contributed by atoms with E-state index in [0.717, 1.165) is 18.7 Å². The van der Waals surface area contributed by atoms with E-state index in [-0.39, 0.29) is 6.04 Å². The van der Waals surface area contributed by atoms with Crippen molar-refractivity contribution in [3.8, 4) is 11.5 Å². The summed E-state index contributed by atoms with van der Waals surface area (Å²) in [6.45, 7) is 4.66. The Hall–Kier alpha value is -1.43. The van der Waals surface area contributed by atoms with Crippen molar-refractivity contribution in [2.75, 3.05) is 13.1 Å². The van der Waals surface area contributed by atoms with Gasteiger partial charge in [0, 0.05) is 19.1 Å². The van der Waals surface area contributed by atoms with Crippen LogP contribution >= 0.6 is 11.6 Å². The molecule has 2 N–H and O–H groups in total. The van der Waals surface area contributed by atoms with Crippen LogP contribution in [-0.4, -0.2) is 34.2 Å². The summed E-state index contributed by atoms with van der Waals surface area (Å²) in [7, 11) is 0. The molecule has 1 aliphatic rings. The molecule has 2 aromatic rings. The van der Waals surface area contributed by atoms with Crippen LogP contribution < -0.4 is 5.73 Å². The number of benzene rings is 1. The van der Waals surface area contributed by atoms with E-state index in [1.54, 1.807) is 0 Å². The Bertz CT molecular complexity index is 590. The predicted molar refractivity (Wildman–Crippen MR) is 77.2 cm³/mol. The zero-order chi connectivity index (χ0) is 14.1. The van der Waals surface area contributed by atoms with Gasteiger partial charge in [0.1, 0.15) is 0 Å². The van der Waals surface area contributed by atoms with Gasteiger partial charge in [0.25, 0.3) is 5.89 Å². The minimum atomic E-state index is 0.227. The molecule has 0 bridgehead atoms. The van der Waals surface area contributed by atoms with Gasteiger partial charge in [-0.05, 0) is 18.1 Å². The number of aromatic nitrogens is 2. The fourth-order valence-electron chi connectivity index (χ4n) is 2.49. The Kier molecular flexibility index (Phi) is 3.74. The maximum Gasteiger partial charge on any atom is 0.259 e. The fraction of sp³-hybridized carbons (Fsp3) is 0.429. The summed E-state index contributed by atoms with van der Waals surface area (Å²) in [4.78, 5) is 6.66. The molecule has 0 radical (unpaired) electrons. The van der Waals surface area contributed by atoms with E-state index < -0.39 is 0 Å². The number of nitrogens with zero attached hydrogens (tertiary/aromatic N) is 3. The van der Waals surface area contributed by atoms with Crippen LogP contribution in [0.1, 0.15) is 12.7 Å². The van der Waals surface area contributed by atoms with E-state index >= 15 is 0 Å². The van der Waals surface area contributed by atoms with Crippen LogP contribution in [0.2, 0.25) is 5.02 Å². The van der Waals surface area contributed by atoms with Crippen LogP contribution in [-0.2, 0) is 6.54 Å². The maximum atomic E-state index is 6.12. The monoisotopic (exact) mass is 292 g/mol. The van der Waals surface area contributed by atoms with E-state index in [0.29, 0.717) is 29.2 Å². The quantitative estimate of drug-likeness (QED) is 0.939. The molecule has 20 heavy (non-hydrogen) atoms. The van der Waals surface area contributed by atoms with Crippen molar-refractivity contribution in [1.82, 2.24) is 15.0 Å². The molecular formula is C14H17ClN4O. The molecule has 0 amide bonds. The topological polar surface area (TPSA) is 68.2 Å². The number of nitrogens with two attached hydrogens (primary N) is 1. The highest BCUT2D eigenvalue weighted by molar-refractivity contribution is 6.33. The maximum absolute atomic E-state index is 6.12. The minimum absolute atomic E-state index is 0.227. The molecule has 2 heterocycles. The second-order valence-electron chi connectivity index (χ2n) is 5.33. The second-order valence-corrected chi connectivity index (χ2v) is 5.74. The second kappa shape index (κ2) is 5.52. The van der Waals surface area contributed by atoms with Crippen molar-refractivity contribution in [3.63, 3.8) is 0 Å². The fourth-order valence-corrected chi connectivity index (χ4v) is 2.70. The molecule has 1 aromatic carbocycles. The molecule has 1 fully saturated rings. The molecule has 0 saturated carbocycles. The van der Waals surface area contributed by atoms with Crippen LogP contribution in [0.3, 0.4) is 0 Å². The zero-order valence-electron chi connectivity index (χ0n) is 11.3. The average molecular weight is 293 g/mol.